The van der Waals surface area contributed by atoms with E-state index in [0.717, 1.165) is 11.3 Å². The molecule has 0 amide bonds. The normalized spacial score (nSPS) is 12.2. The van der Waals surface area contributed by atoms with Crippen LogP contribution in [0.25, 0.3) is 0 Å². The largest absolute Gasteiger partial charge is 0.315 e. The van der Waals surface area contributed by atoms with Gasteiger partial charge in [-0.15, -0.1) is 22.7 Å². The number of sulfonamides is 1. The lowest BCUT2D eigenvalue weighted by molar-refractivity contribution is 0.473. The summed E-state index contributed by atoms with van der Waals surface area (Å²) in [6.45, 7) is 1.07. The van der Waals surface area contributed by atoms with E-state index >= 15 is 0 Å². The Morgan fingerprint density at radius 3 is 2.70 bits per heavy atom. The molecule has 0 aliphatic carbocycles. The van der Waals surface area contributed by atoms with Crippen LogP contribution >= 0.6 is 22.7 Å². The predicted octanol–water partition coefficient (Wildman–Crippen LogP) is 2.39. The summed E-state index contributed by atoms with van der Waals surface area (Å²) in [4.78, 5) is 2.48. The molecule has 2 rings (SSSR count). The first-order chi connectivity index (χ1) is 9.55. The molecule has 0 aliphatic heterocycles. The molecule has 0 saturated carbocycles. The van der Waals surface area contributed by atoms with Crippen molar-refractivity contribution in [3.63, 3.8) is 0 Å². The molecule has 7 heteroatoms. The molecule has 2 heterocycles. The molecule has 0 unspecified atom stereocenters. The summed E-state index contributed by atoms with van der Waals surface area (Å²) in [6, 6.07) is 5.70. The number of rotatable bonds is 7. The third-order valence-electron chi connectivity index (χ3n) is 2.98. The maximum Gasteiger partial charge on any atom is 0.243 e. The van der Waals surface area contributed by atoms with E-state index in [1.165, 1.54) is 20.5 Å². The van der Waals surface area contributed by atoms with Gasteiger partial charge in [-0.3, -0.25) is 0 Å². The average Bonchev–Trinajstić information content (AvgIpc) is 3.07. The molecular formula is C13H18N2O2S3. The molecule has 110 valence electrons. The van der Waals surface area contributed by atoms with Gasteiger partial charge >= 0.3 is 0 Å². The van der Waals surface area contributed by atoms with Crippen LogP contribution in [0.4, 0.5) is 0 Å². The number of nitrogens with zero attached hydrogens (tertiary/aromatic N) is 1. The minimum Gasteiger partial charge on any atom is -0.315 e. The SMILES string of the molecule is CNCc1sccc1S(=O)(=O)N(C)CCc1cccs1. The molecule has 4 nitrogen and oxygen atoms in total. The van der Waals surface area contributed by atoms with Gasteiger partial charge in [-0.05, 0) is 36.4 Å². The van der Waals surface area contributed by atoms with Gasteiger partial charge < -0.3 is 5.32 Å². The smallest absolute Gasteiger partial charge is 0.243 e. The Morgan fingerprint density at radius 1 is 1.25 bits per heavy atom. The van der Waals surface area contributed by atoms with E-state index in [0.29, 0.717) is 18.0 Å². The van der Waals surface area contributed by atoms with Crippen LogP contribution in [0, 0.1) is 0 Å². The molecule has 2 aromatic rings. The van der Waals surface area contributed by atoms with Gasteiger partial charge in [0.25, 0.3) is 0 Å². The first-order valence-corrected chi connectivity index (χ1v) is 9.45. The lowest BCUT2D eigenvalue weighted by atomic mass is 10.3. The first-order valence-electron chi connectivity index (χ1n) is 6.25. The molecule has 0 radical (unpaired) electrons. The standard InChI is InChI=1S/C13H18N2O2S3/c1-14-10-12-13(6-9-19-12)20(16,17)15(2)7-5-11-4-3-8-18-11/h3-4,6,8-9,14H,5,7,10H2,1-2H3. The monoisotopic (exact) mass is 330 g/mol. The highest BCUT2D eigenvalue weighted by atomic mass is 32.2. The molecule has 0 aromatic carbocycles. The zero-order valence-electron chi connectivity index (χ0n) is 11.5. The van der Waals surface area contributed by atoms with Crippen molar-refractivity contribution in [3.05, 3.63) is 38.7 Å². The minimum atomic E-state index is -3.39. The van der Waals surface area contributed by atoms with Crippen LogP contribution in [0.3, 0.4) is 0 Å². The average molecular weight is 330 g/mol. The van der Waals surface area contributed by atoms with E-state index in [1.54, 1.807) is 24.5 Å². The zero-order valence-corrected chi connectivity index (χ0v) is 13.9. The van der Waals surface area contributed by atoms with Crippen LogP contribution in [-0.2, 0) is 23.0 Å². The van der Waals surface area contributed by atoms with Crippen LogP contribution in [0.1, 0.15) is 9.75 Å². The highest BCUT2D eigenvalue weighted by Gasteiger charge is 2.24. The topological polar surface area (TPSA) is 49.4 Å². The maximum absolute atomic E-state index is 12.6. The molecule has 0 aliphatic rings. The van der Waals surface area contributed by atoms with Gasteiger partial charge in [-0.25, -0.2) is 12.7 Å². The second-order valence-corrected chi connectivity index (χ2v) is 8.44. The quantitative estimate of drug-likeness (QED) is 0.848. The van der Waals surface area contributed by atoms with Gasteiger partial charge in [0.2, 0.25) is 10.0 Å². The van der Waals surface area contributed by atoms with Crippen molar-refractivity contribution in [3.8, 4) is 0 Å². The second kappa shape index (κ2) is 6.82. The summed E-state index contributed by atoms with van der Waals surface area (Å²) in [5, 5.41) is 6.84. The molecule has 0 bridgehead atoms. The van der Waals surface area contributed by atoms with Gasteiger partial charge in [-0.2, -0.15) is 0 Å². The Kier molecular flexibility index (Phi) is 5.34. The number of hydrogen-bond donors (Lipinski definition) is 1. The fourth-order valence-corrected chi connectivity index (χ4v) is 5.15. The highest BCUT2D eigenvalue weighted by molar-refractivity contribution is 7.89. The lowest BCUT2D eigenvalue weighted by Gasteiger charge is -2.17. The Hall–Kier alpha value is -0.730. The predicted molar refractivity (Wildman–Crippen MR) is 84.9 cm³/mol. The van der Waals surface area contributed by atoms with E-state index in [2.05, 4.69) is 5.32 Å². The van der Waals surface area contributed by atoms with Gasteiger partial charge in [0.15, 0.2) is 0 Å². The summed E-state index contributed by atoms with van der Waals surface area (Å²) in [5.41, 5.74) is 0. The van der Waals surface area contributed by atoms with E-state index in [9.17, 15) is 8.42 Å². The molecular weight excluding hydrogens is 312 g/mol. The Bertz CT molecular complexity index is 632. The van der Waals surface area contributed by atoms with Gasteiger partial charge in [0.1, 0.15) is 0 Å². The Morgan fingerprint density at radius 2 is 2.05 bits per heavy atom. The molecule has 0 fully saturated rings. The van der Waals surface area contributed by atoms with E-state index in [-0.39, 0.29) is 0 Å². The molecule has 20 heavy (non-hydrogen) atoms. The van der Waals surface area contributed by atoms with Crippen LogP contribution in [-0.4, -0.2) is 33.4 Å². The molecule has 2 aromatic heterocycles. The lowest BCUT2D eigenvalue weighted by Crippen LogP contribution is -2.29. The van der Waals surface area contributed by atoms with Crippen molar-refractivity contribution in [1.29, 1.82) is 0 Å². The van der Waals surface area contributed by atoms with E-state index < -0.39 is 10.0 Å². The Labute approximate surface area is 128 Å². The molecule has 0 atom stereocenters. The third-order valence-corrected chi connectivity index (χ3v) is 6.91. The molecule has 0 saturated heterocycles. The number of hydrogen-bond acceptors (Lipinski definition) is 5. The van der Waals surface area contributed by atoms with Gasteiger partial charge in [0.05, 0.1) is 4.90 Å². The first kappa shape index (κ1) is 15.7. The number of likely N-dealkylation sites (N-methyl/N-ethyl adjacent to an activating group) is 1. The van der Waals surface area contributed by atoms with Crippen molar-refractivity contribution in [2.75, 3.05) is 20.6 Å². The highest BCUT2D eigenvalue weighted by Crippen LogP contribution is 2.24. The summed E-state index contributed by atoms with van der Waals surface area (Å²) in [6.07, 6.45) is 0.749. The summed E-state index contributed by atoms with van der Waals surface area (Å²) >= 11 is 3.12. The van der Waals surface area contributed by atoms with Crippen LogP contribution in [0.15, 0.2) is 33.9 Å². The third kappa shape index (κ3) is 3.48. The maximum atomic E-state index is 12.6. The van der Waals surface area contributed by atoms with Crippen molar-refractivity contribution >= 4 is 32.7 Å². The van der Waals surface area contributed by atoms with Crippen molar-refractivity contribution in [2.45, 2.75) is 17.9 Å². The molecule has 1 N–H and O–H groups in total. The summed E-state index contributed by atoms with van der Waals surface area (Å²) in [5.74, 6) is 0. The van der Waals surface area contributed by atoms with Gasteiger partial charge in [0, 0.05) is 29.9 Å². The molecule has 0 spiro atoms. The van der Waals surface area contributed by atoms with E-state index in [1.807, 2.05) is 29.9 Å². The van der Waals surface area contributed by atoms with Gasteiger partial charge in [-0.1, -0.05) is 6.07 Å². The minimum absolute atomic E-state index is 0.422. The van der Waals surface area contributed by atoms with E-state index in [4.69, 9.17) is 0 Å². The van der Waals surface area contributed by atoms with Crippen LogP contribution in [0.2, 0.25) is 0 Å². The fourth-order valence-electron chi connectivity index (χ4n) is 1.86. The summed E-state index contributed by atoms with van der Waals surface area (Å²) < 4.78 is 26.6. The van der Waals surface area contributed by atoms with Crippen molar-refractivity contribution in [1.82, 2.24) is 9.62 Å². The van der Waals surface area contributed by atoms with Crippen molar-refractivity contribution < 1.29 is 8.42 Å². The van der Waals surface area contributed by atoms with Crippen molar-refractivity contribution in [2.24, 2.45) is 0 Å². The Balaban J connectivity index is 2.10. The van der Waals surface area contributed by atoms with Crippen LogP contribution in [0.5, 0.6) is 0 Å². The zero-order chi connectivity index (χ0) is 14.6. The second-order valence-electron chi connectivity index (χ2n) is 4.39. The summed E-state index contributed by atoms with van der Waals surface area (Å²) in [7, 11) is 0.0654. The number of thiophene rings is 2. The number of nitrogens with one attached hydrogen (secondary N) is 1. The fraction of sp³-hybridized carbons (Fsp3) is 0.385. The van der Waals surface area contributed by atoms with Crippen LogP contribution < -0.4 is 5.32 Å².